The van der Waals surface area contributed by atoms with Crippen molar-refractivity contribution >= 4 is 50.1 Å². The standard InChI is InChI=1S/C10H8BrFINO/c11-6-3-10(15)14(5-6)9-2-1-7(12)4-8(9)13/h1-2,4,6H,3,5H2. The summed E-state index contributed by atoms with van der Waals surface area (Å²) >= 11 is 5.46. The van der Waals surface area contributed by atoms with Gasteiger partial charge >= 0.3 is 0 Å². The Balaban J connectivity index is 2.34. The fourth-order valence-corrected chi connectivity index (χ4v) is 2.93. The zero-order valence-electron chi connectivity index (χ0n) is 7.71. The van der Waals surface area contributed by atoms with E-state index >= 15 is 0 Å². The monoisotopic (exact) mass is 383 g/mol. The average Bonchev–Trinajstić information content (AvgIpc) is 2.45. The van der Waals surface area contributed by atoms with E-state index in [4.69, 9.17) is 0 Å². The molecule has 0 aromatic heterocycles. The fourth-order valence-electron chi connectivity index (χ4n) is 1.60. The molecular weight excluding hydrogens is 376 g/mol. The van der Waals surface area contributed by atoms with Crippen LogP contribution in [0.1, 0.15) is 6.42 Å². The van der Waals surface area contributed by atoms with E-state index in [0.717, 1.165) is 9.26 Å². The number of carbonyl (C=O) groups excluding carboxylic acids is 1. The summed E-state index contributed by atoms with van der Waals surface area (Å²) in [5.41, 5.74) is 0.795. The van der Waals surface area contributed by atoms with Crippen LogP contribution in [0.15, 0.2) is 18.2 Å². The summed E-state index contributed by atoms with van der Waals surface area (Å²) in [5.74, 6) is -0.188. The maximum atomic E-state index is 12.9. The number of anilines is 1. The highest BCUT2D eigenvalue weighted by Gasteiger charge is 2.29. The molecule has 0 spiro atoms. The van der Waals surface area contributed by atoms with Gasteiger partial charge in [0.05, 0.1) is 5.69 Å². The van der Waals surface area contributed by atoms with Crippen molar-refractivity contribution in [1.29, 1.82) is 0 Å². The number of alkyl halides is 1. The van der Waals surface area contributed by atoms with E-state index in [-0.39, 0.29) is 16.6 Å². The number of halogens is 3. The second kappa shape index (κ2) is 4.37. The highest BCUT2D eigenvalue weighted by Crippen LogP contribution is 2.29. The third-order valence-corrected chi connectivity index (χ3v) is 3.76. The molecule has 0 aliphatic carbocycles. The first-order valence-corrected chi connectivity index (χ1v) is 6.47. The molecule has 0 N–H and O–H groups in total. The highest BCUT2D eigenvalue weighted by molar-refractivity contribution is 14.1. The summed E-state index contributed by atoms with van der Waals surface area (Å²) in [6.07, 6.45) is 0.507. The van der Waals surface area contributed by atoms with E-state index in [1.807, 2.05) is 22.6 Å². The highest BCUT2D eigenvalue weighted by atomic mass is 127. The maximum Gasteiger partial charge on any atom is 0.228 e. The Hall–Kier alpha value is -0.170. The molecule has 0 saturated carbocycles. The molecule has 1 amide bonds. The molecule has 1 unspecified atom stereocenters. The second-order valence-corrected chi connectivity index (χ2v) is 5.86. The minimum Gasteiger partial charge on any atom is -0.310 e. The predicted molar refractivity (Wildman–Crippen MR) is 68.8 cm³/mol. The first kappa shape index (κ1) is 11.3. The van der Waals surface area contributed by atoms with Crippen LogP contribution in [0.5, 0.6) is 0 Å². The number of carbonyl (C=O) groups is 1. The maximum absolute atomic E-state index is 12.9. The molecule has 0 radical (unpaired) electrons. The smallest absolute Gasteiger partial charge is 0.228 e. The van der Waals surface area contributed by atoms with Crippen molar-refractivity contribution in [2.75, 3.05) is 11.4 Å². The van der Waals surface area contributed by atoms with Gasteiger partial charge in [-0.1, -0.05) is 15.9 Å². The molecular formula is C10H8BrFINO. The van der Waals surface area contributed by atoms with Gasteiger partial charge in [0.15, 0.2) is 0 Å². The number of hydrogen-bond acceptors (Lipinski definition) is 1. The molecule has 1 aliphatic rings. The lowest BCUT2D eigenvalue weighted by Gasteiger charge is -2.17. The van der Waals surface area contributed by atoms with Crippen LogP contribution in [-0.4, -0.2) is 17.3 Å². The van der Waals surface area contributed by atoms with Crippen LogP contribution in [0.3, 0.4) is 0 Å². The van der Waals surface area contributed by atoms with E-state index in [0.29, 0.717) is 13.0 Å². The van der Waals surface area contributed by atoms with E-state index in [1.165, 1.54) is 12.1 Å². The lowest BCUT2D eigenvalue weighted by atomic mass is 10.3. The Morgan fingerprint density at radius 3 is 2.80 bits per heavy atom. The largest absolute Gasteiger partial charge is 0.310 e. The number of hydrogen-bond donors (Lipinski definition) is 0. The summed E-state index contributed by atoms with van der Waals surface area (Å²) in [6.45, 7) is 0.653. The predicted octanol–water partition coefficient (Wildman–Crippen LogP) is 2.93. The van der Waals surface area contributed by atoms with Gasteiger partial charge < -0.3 is 4.90 Å². The Kier molecular flexibility index (Phi) is 3.30. The first-order valence-electron chi connectivity index (χ1n) is 4.47. The second-order valence-electron chi connectivity index (χ2n) is 3.40. The Morgan fingerprint density at radius 2 is 2.27 bits per heavy atom. The van der Waals surface area contributed by atoms with Crippen molar-refractivity contribution in [3.63, 3.8) is 0 Å². The lowest BCUT2D eigenvalue weighted by Crippen LogP contribution is -2.25. The zero-order chi connectivity index (χ0) is 11.0. The van der Waals surface area contributed by atoms with Gasteiger partial charge in [-0.15, -0.1) is 0 Å². The molecule has 1 atom stereocenters. The topological polar surface area (TPSA) is 20.3 Å². The van der Waals surface area contributed by atoms with Gasteiger partial charge in [0.25, 0.3) is 0 Å². The summed E-state index contributed by atoms with van der Waals surface area (Å²) in [7, 11) is 0. The summed E-state index contributed by atoms with van der Waals surface area (Å²) in [4.78, 5) is 13.5. The van der Waals surface area contributed by atoms with E-state index < -0.39 is 0 Å². The molecule has 1 aromatic carbocycles. The minimum atomic E-state index is -0.273. The first-order chi connectivity index (χ1) is 7.08. The third kappa shape index (κ3) is 2.33. The van der Waals surface area contributed by atoms with E-state index in [9.17, 15) is 9.18 Å². The van der Waals surface area contributed by atoms with E-state index in [2.05, 4.69) is 15.9 Å². The average molecular weight is 384 g/mol. The van der Waals surface area contributed by atoms with Crippen LogP contribution in [0, 0.1) is 9.39 Å². The van der Waals surface area contributed by atoms with Crippen molar-refractivity contribution in [2.24, 2.45) is 0 Å². The normalized spacial score (nSPS) is 21.1. The van der Waals surface area contributed by atoms with Gasteiger partial charge in [-0.2, -0.15) is 0 Å². The molecule has 1 saturated heterocycles. The van der Waals surface area contributed by atoms with Crippen LogP contribution in [0.2, 0.25) is 0 Å². The molecule has 2 nitrogen and oxygen atoms in total. The van der Waals surface area contributed by atoms with Gasteiger partial charge in [-0.05, 0) is 40.8 Å². The minimum absolute atomic E-state index is 0.0846. The molecule has 1 heterocycles. The fraction of sp³-hybridized carbons (Fsp3) is 0.300. The summed E-state index contributed by atoms with van der Waals surface area (Å²) in [6, 6.07) is 4.47. The molecule has 80 valence electrons. The molecule has 1 fully saturated rings. The molecule has 0 bridgehead atoms. The van der Waals surface area contributed by atoms with Crippen molar-refractivity contribution < 1.29 is 9.18 Å². The van der Waals surface area contributed by atoms with Gasteiger partial charge in [-0.25, -0.2) is 4.39 Å². The van der Waals surface area contributed by atoms with Crippen molar-refractivity contribution in [3.8, 4) is 0 Å². The SMILES string of the molecule is O=C1CC(Br)CN1c1ccc(F)cc1I. The lowest BCUT2D eigenvalue weighted by molar-refractivity contribution is -0.117. The van der Waals surface area contributed by atoms with Crippen LogP contribution < -0.4 is 4.90 Å². The van der Waals surface area contributed by atoms with Crippen molar-refractivity contribution in [3.05, 3.63) is 27.6 Å². The molecule has 1 aromatic rings. The molecule has 1 aliphatic heterocycles. The Labute approximate surface area is 109 Å². The quantitative estimate of drug-likeness (QED) is 0.539. The van der Waals surface area contributed by atoms with Gasteiger partial charge in [0.1, 0.15) is 5.82 Å². The van der Waals surface area contributed by atoms with E-state index in [1.54, 1.807) is 11.0 Å². The summed E-state index contributed by atoms with van der Waals surface area (Å²) in [5, 5.41) is 0. The molecule has 5 heteroatoms. The van der Waals surface area contributed by atoms with Gasteiger partial charge in [0, 0.05) is 21.4 Å². The van der Waals surface area contributed by atoms with Crippen molar-refractivity contribution in [1.82, 2.24) is 0 Å². The van der Waals surface area contributed by atoms with Crippen LogP contribution in [0.4, 0.5) is 10.1 Å². The van der Waals surface area contributed by atoms with Crippen molar-refractivity contribution in [2.45, 2.75) is 11.2 Å². The zero-order valence-corrected chi connectivity index (χ0v) is 11.5. The number of nitrogens with zero attached hydrogens (tertiary/aromatic N) is 1. The number of rotatable bonds is 1. The van der Waals surface area contributed by atoms with Gasteiger partial charge in [0.2, 0.25) is 5.91 Å². The van der Waals surface area contributed by atoms with Crippen LogP contribution in [0.25, 0.3) is 0 Å². The Bertz CT molecular complexity index is 412. The third-order valence-electron chi connectivity index (χ3n) is 2.28. The van der Waals surface area contributed by atoms with Gasteiger partial charge in [-0.3, -0.25) is 4.79 Å². The number of amides is 1. The summed E-state index contributed by atoms with van der Waals surface area (Å²) < 4.78 is 13.7. The molecule has 15 heavy (non-hydrogen) atoms. The van der Waals surface area contributed by atoms with Crippen LogP contribution in [-0.2, 0) is 4.79 Å². The molecule has 2 rings (SSSR count). The Morgan fingerprint density at radius 1 is 1.53 bits per heavy atom. The van der Waals surface area contributed by atoms with Crippen LogP contribution >= 0.6 is 38.5 Å². The number of benzene rings is 1.